The molecule has 5 heteroatoms. The van der Waals surface area contributed by atoms with Crippen LogP contribution in [-0.2, 0) is 0 Å². The summed E-state index contributed by atoms with van der Waals surface area (Å²) in [5.74, 6) is 0. The summed E-state index contributed by atoms with van der Waals surface area (Å²) in [7, 11) is 0. The Kier molecular flexibility index (Phi) is 4.11. The van der Waals surface area contributed by atoms with E-state index in [1.54, 1.807) is 11.3 Å². The molecule has 25 heavy (non-hydrogen) atoms. The highest BCUT2D eigenvalue weighted by molar-refractivity contribution is 7.80. The van der Waals surface area contributed by atoms with Crippen molar-refractivity contribution < 1.29 is 0 Å². The molecule has 0 bridgehead atoms. The van der Waals surface area contributed by atoms with Gasteiger partial charge in [0.25, 0.3) is 0 Å². The molecule has 0 spiro atoms. The molecular weight excluding hydrogens is 346 g/mol. The van der Waals surface area contributed by atoms with Crippen LogP contribution in [0.2, 0.25) is 0 Å². The second kappa shape index (κ2) is 6.43. The van der Waals surface area contributed by atoms with Crippen LogP contribution in [0.25, 0.3) is 21.0 Å². The number of fused-ring (bicyclic) bond motifs is 2. The van der Waals surface area contributed by atoms with Crippen LogP contribution in [0.1, 0.15) is 11.1 Å². The highest BCUT2D eigenvalue weighted by atomic mass is 32.1. The Labute approximate surface area is 155 Å². The number of thiocarbonyl (C=S) groups is 1. The van der Waals surface area contributed by atoms with E-state index in [9.17, 15) is 0 Å². The first-order valence-corrected chi connectivity index (χ1v) is 9.26. The predicted molar refractivity (Wildman–Crippen MR) is 113 cm³/mol. The molecule has 2 N–H and O–H groups in total. The fourth-order valence-electron chi connectivity index (χ4n) is 2.82. The summed E-state index contributed by atoms with van der Waals surface area (Å²) in [5, 5.41) is 10.2. The molecule has 0 atom stereocenters. The van der Waals surface area contributed by atoms with Gasteiger partial charge in [-0.25, -0.2) is 4.98 Å². The minimum absolute atomic E-state index is 0.545. The van der Waals surface area contributed by atoms with Crippen LogP contribution in [0, 0.1) is 13.8 Å². The normalized spacial score (nSPS) is 11.0. The van der Waals surface area contributed by atoms with Crippen LogP contribution in [-0.4, -0.2) is 10.1 Å². The summed E-state index contributed by atoms with van der Waals surface area (Å²) in [4.78, 5) is 4.64. The van der Waals surface area contributed by atoms with Crippen LogP contribution < -0.4 is 10.6 Å². The summed E-state index contributed by atoms with van der Waals surface area (Å²) < 4.78 is 1.17. The van der Waals surface area contributed by atoms with Gasteiger partial charge in [-0.05, 0) is 60.8 Å². The van der Waals surface area contributed by atoms with Crippen molar-refractivity contribution >= 4 is 60.5 Å². The molecule has 3 aromatic carbocycles. The second-order valence-electron chi connectivity index (χ2n) is 6.03. The lowest BCUT2D eigenvalue weighted by Crippen LogP contribution is -2.19. The monoisotopic (exact) mass is 363 g/mol. The van der Waals surface area contributed by atoms with Gasteiger partial charge in [-0.1, -0.05) is 47.7 Å². The number of aryl methyl sites for hydroxylation is 2. The molecule has 1 aromatic heterocycles. The molecular formula is C20H17N3S2. The number of nitrogens with one attached hydrogen (secondary N) is 2. The van der Waals surface area contributed by atoms with Gasteiger partial charge in [-0.2, -0.15) is 0 Å². The third-order valence-electron chi connectivity index (χ3n) is 4.26. The van der Waals surface area contributed by atoms with Crippen LogP contribution in [0.3, 0.4) is 0 Å². The van der Waals surface area contributed by atoms with Crippen LogP contribution >= 0.6 is 23.6 Å². The Morgan fingerprint density at radius 3 is 2.60 bits per heavy atom. The third kappa shape index (κ3) is 3.21. The third-order valence-corrected chi connectivity index (χ3v) is 5.40. The summed E-state index contributed by atoms with van der Waals surface area (Å²) >= 11 is 7.09. The Morgan fingerprint density at radius 2 is 1.72 bits per heavy atom. The van der Waals surface area contributed by atoms with Crippen molar-refractivity contribution in [3.05, 3.63) is 65.7 Å². The van der Waals surface area contributed by atoms with Gasteiger partial charge in [0.1, 0.15) is 0 Å². The van der Waals surface area contributed by atoms with Gasteiger partial charge in [-0.15, -0.1) is 0 Å². The van der Waals surface area contributed by atoms with Gasteiger partial charge in [0.15, 0.2) is 10.2 Å². The average molecular weight is 364 g/mol. The molecule has 0 saturated heterocycles. The van der Waals surface area contributed by atoms with E-state index in [0.717, 1.165) is 21.7 Å². The zero-order chi connectivity index (χ0) is 17.4. The lowest BCUT2D eigenvalue weighted by Gasteiger charge is -2.11. The molecule has 0 aliphatic rings. The summed E-state index contributed by atoms with van der Waals surface area (Å²) in [6.07, 6.45) is 0. The van der Waals surface area contributed by atoms with Crippen LogP contribution in [0.5, 0.6) is 0 Å². The Morgan fingerprint density at radius 1 is 0.960 bits per heavy atom. The summed E-state index contributed by atoms with van der Waals surface area (Å²) in [5.41, 5.74) is 4.52. The van der Waals surface area contributed by atoms with Gasteiger partial charge in [-0.3, -0.25) is 0 Å². The van der Waals surface area contributed by atoms with E-state index in [0.29, 0.717) is 5.11 Å². The van der Waals surface area contributed by atoms with E-state index in [1.807, 2.05) is 24.3 Å². The topological polar surface area (TPSA) is 37.0 Å². The maximum atomic E-state index is 5.48. The van der Waals surface area contributed by atoms with E-state index in [1.165, 1.54) is 21.2 Å². The van der Waals surface area contributed by atoms with Gasteiger partial charge in [0, 0.05) is 11.1 Å². The Bertz CT molecular complexity index is 1050. The lowest BCUT2D eigenvalue weighted by molar-refractivity contribution is 1.35. The van der Waals surface area contributed by atoms with Gasteiger partial charge in [0.05, 0.1) is 10.2 Å². The second-order valence-corrected chi connectivity index (χ2v) is 7.47. The van der Waals surface area contributed by atoms with Crippen LogP contribution in [0.15, 0.2) is 54.6 Å². The van der Waals surface area contributed by atoms with Crippen molar-refractivity contribution in [3.8, 4) is 0 Å². The van der Waals surface area contributed by atoms with Crippen LogP contribution in [0.4, 0.5) is 10.8 Å². The highest BCUT2D eigenvalue weighted by Gasteiger charge is 2.08. The minimum atomic E-state index is 0.545. The van der Waals surface area contributed by atoms with E-state index in [-0.39, 0.29) is 0 Å². The molecule has 4 aromatic rings. The molecule has 0 fully saturated rings. The first kappa shape index (κ1) is 16.0. The largest absolute Gasteiger partial charge is 0.332 e. The van der Waals surface area contributed by atoms with Gasteiger partial charge < -0.3 is 10.6 Å². The number of rotatable bonds is 2. The lowest BCUT2D eigenvalue weighted by atomic mass is 10.1. The highest BCUT2D eigenvalue weighted by Crippen LogP contribution is 2.29. The fraction of sp³-hybridized carbons (Fsp3) is 0.100. The standard InChI is InChI=1S/C20H17N3S2/c1-12-10-17-18(11-13(12)2)25-20(22-17)23-19(24)21-16-9-5-7-14-6-3-4-8-15(14)16/h3-11H,1-2H3,(H2,21,22,23,24). The van der Waals surface area contributed by atoms with E-state index in [2.05, 4.69) is 59.8 Å². The maximum absolute atomic E-state index is 5.48. The minimum Gasteiger partial charge on any atom is -0.332 e. The first-order chi connectivity index (χ1) is 12.1. The molecule has 124 valence electrons. The molecule has 0 radical (unpaired) electrons. The molecule has 0 aliphatic carbocycles. The van der Waals surface area contributed by atoms with E-state index < -0.39 is 0 Å². The number of thiazole rings is 1. The smallest absolute Gasteiger partial charge is 0.190 e. The maximum Gasteiger partial charge on any atom is 0.190 e. The quantitative estimate of drug-likeness (QED) is 0.436. The molecule has 0 aliphatic heterocycles. The average Bonchev–Trinajstić information content (AvgIpc) is 2.96. The molecule has 0 amide bonds. The summed E-state index contributed by atoms with van der Waals surface area (Å²) in [6.45, 7) is 4.22. The van der Waals surface area contributed by atoms with Gasteiger partial charge >= 0.3 is 0 Å². The number of nitrogens with zero attached hydrogens (tertiary/aromatic N) is 1. The van der Waals surface area contributed by atoms with Crippen molar-refractivity contribution in [2.75, 3.05) is 10.6 Å². The van der Waals surface area contributed by atoms with Crippen molar-refractivity contribution in [3.63, 3.8) is 0 Å². The number of anilines is 2. The zero-order valence-electron chi connectivity index (χ0n) is 14.0. The van der Waals surface area contributed by atoms with Gasteiger partial charge in [0.2, 0.25) is 0 Å². The molecule has 1 heterocycles. The van der Waals surface area contributed by atoms with E-state index >= 15 is 0 Å². The Balaban J connectivity index is 1.57. The predicted octanol–water partition coefficient (Wildman–Crippen LogP) is 5.88. The number of aromatic nitrogens is 1. The molecule has 3 nitrogen and oxygen atoms in total. The first-order valence-electron chi connectivity index (χ1n) is 8.04. The number of hydrogen-bond donors (Lipinski definition) is 2. The molecule has 0 saturated carbocycles. The molecule has 0 unspecified atom stereocenters. The number of hydrogen-bond acceptors (Lipinski definition) is 3. The molecule has 4 rings (SSSR count). The number of benzene rings is 3. The SMILES string of the molecule is Cc1cc2nc(NC(=S)Nc3cccc4ccccc34)sc2cc1C. The Hall–Kier alpha value is -2.50. The van der Waals surface area contributed by atoms with Crippen molar-refractivity contribution in [2.24, 2.45) is 0 Å². The fourth-order valence-corrected chi connectivity index (χ4v) is 4.04. The summed E-state index contributed by atoms with van der Waals surface area (Å²) in [6, 6.07) is 18.7. The zero-order valence-corrected chi connectivity index (χ0v) is 15.6. The van der Waals surface area contributed by atoms with Crippen molar-refractivity contribution in [2.45, 2.75) is 13.8 Å². The van der Waals surface area contributed by atoms with Crippen molar-refractivity contribution in [1.82, 2.24) is 4.98 Å². The van der Waals surface area contributed by atoms with Crippen molar-refractivity contribution in [1.29, 1.82) is 0 Å². The van der Waals surface area contributed by atoms with E-state index in [4.69, 9.17) is 12.2 Å².